The van der Waals surface area contributed by atoms with Crippen LogP contribution in [0.1, 0.15) is 24.1 Å². The summed E-state index contributed by atoms with van der Waals surface area (Å²) >= 11 is 3.84. The number of hydrogen-bond donors (Lipinski definition) is 2. The summed E-state index contributed by atoms with van der Waals surface area (Å²) in [6.07, 6.45) is 0. The number of allylic oxidation sites excluding steroid dienone is 1. The quantitative estimate of drug-likeness (QED) is 0.311. The van der Waals surface area contributed by atoms with E-state index in [0.717, 1.165) is 31.0 Å². The summed E-state index contributed by atoms with van der Waals surface area (Å²) in [5, 5.41) is 13.2. The van der Waals surface area contributed by atoms with Crippen molar-refractivity contribution in [3.63, 3.8) is 0 Å². The van der Waals surface area contributed by atoms with Gasteiger partial charge in [-0.2, -0.15) is 4.98 Å². The molecule has 2 N–H and O–H groups in total. The fraction of sp³-hybridized carbons (Fsp3) is 0.125. The summed E-state index contributed by atoms with van der Waals surface area (Å²) in [6, 6.07) is 19.5. The summed E-state index contributed by atoms with van der Waals surface area (Å²) in [5.41, 5.74) is 4.24. The zero-order chi connectivity index (χ0) is 22.2. The molecule has 0 spiro atoms. The molecule has 8 heteroatoms. The maximum Gasteiger partial charge on any atom is 0.255 e. The molecule has 0 fully saturated rings. The summed E-state index contributed by atoms with van der Waals surface area (Å²) < 4.78 is 2.93. The van der Waals surface area contributed by atoms with Crippen LogP contribution >= 0.6 is 33.9 Å². The van der Waals surface area contributed by atoms with Crippen LogP contribution in [-0.4, -0.2) is 20.7 Å². The van der Waals surface area contributed by atoms with Crippen molar-refractivity contribution in [2.45, 2.75) is 19.9 Å². The number of halogens is 1. The van der Waals surface area contributed by atoms with Crippen LogP contribution < -0.4 is 10.6 Å². The molecule has 0 saturated carbocycles. The highest BCUT2D eigenvalue weighted by molar-refractivity contribution is 14.1. The molecule has 1 amide bonds. The molecule has 160 valence electrons. The highest BCUT2D eigenvalue weighted by Crippen LogP contribution is 2.37. The number of aromatic nitrogens is 3. The smallest absolute Gasteiger partial charge is 0.255 e. The monoisotopic (exact) mass is 553 g/mol. The molecule has 0 radical (unpaired) electrons. The molecule has 4 aromatic rings. The van der Waals surface area contributed by atoms with Crippen molar-refractivity contribution in [1.82, 2.24) is 14.8 Å². The number of nitrogens with zero attached hydrogens (tertiary/aromatic N) is 3. The van der Waals surface area contributed by atoms with Gasteiger partial charge in [-0.3, -0.25) is 4.79 Å². The Balaban J connectivity index is 1.60. The molecular weight excluding hydrogens is 533 g/mol. The van der Waals surface area contributed by atoms with E-state index < -0.39 is 6.04 Å². The first-order valence-corrected chi connectivity index (χ1v) is 12.1. The maximum absolute atomic E-state index is 13.5. The van der Waals surface area contributed by atoms with Gasteiger partial charge in [0.05, 0.1) is 10.5 Å². The first kappa shape index (κ1) is 20.9. The zero-order valence-electron chi connectivity index (χ0n) is 17.5. The maximum atomic E-state index is 13.5. The van der Waals surface area contributed by atoms with Crippen LogP contribution in [0.25, 0.3) is 10.7 Å². The lowest BCUT2D eigenvalue weighted by molar-refractivity contribution is -0.113. The van der Waals surface area contributed by atoms with Gasteiger partial charge >= 0.3 is 0 Å². The fourth-order valence-corrected chi connectivity index (χ4v) is 4.85. The van der Waals surface area contributed by atoms with Gasteiger partial charge in [0.15, 0.2) is 5.82 Å². The summed E-state index contributed by atoms with van der Waals surface area (Å²) in [6.45, 7) is 3.96. The molecule has 6 nitrogen and oxygen atoms in total. The van der Waals surface area contributed by atoms with E-state index >= 15 is 0 Å². The summed E-state index contributed by atoms with van der Waals surface area (Å²) in [4.78, 5) is 19.2. The number of hydrogen-bond acceptors (Lipinski definition) is 5. The molecular formula is C24H20IN5OS. The SMILES string of the molecule is CC1=C(C(=O)Nc2ccc(I)cc2)[C@@H](c2cccc(C)c2)n2nc(-c3cccs3)nc2N1. The Hall–Kier alpha value is -2.98. The third-order valence-electron chi connectivity index (χ3n) is 5.30. The number of anilines is 2. The van der Waals surface area contributed by atoms with Gasteiger partial charge in [-0.1, -0.05) is 35.9 Å². The van der Waals surface area contributed by atoms with Crippen LogP contribution in [0.5, 0.6) is 0 Å². The Morgan fingerprint density at radius 1 is 1.12 bits per heavy atom. The van der Waals surface area contributed by atoms with Crippen LogP contribution in [0, 0.1) is 10.5 Å². The van der Waals surface area contributed by atoms with E-state index in [1.807, 2.05) is 78.5 Å². The van der Waals surface area contributed by atoms with E-state index in [-0.39, 0.29) is 5.91 Å². The van der Waals surface area contributed by atoms with Gasteiger partial charge in [-0.05, 0) is 77.7 Å². The van der Waals surface area contributed by atoms with Gasteiger partial charge in [0, 0.05) is 15.0 Å². The average Bonchev–Trinajstić information content (AvgIpc) is 3.44. The van der Waals surface area contributed by atoms with Gasteiger partial charge < -0.3 is 10.6 Å². The van der Waals surface area contributed by atoms with Gasteiger partial charge in [0.25, 0.3) is 5.91 Å². The third-order valence-corrected chi connectivity index (χ3v) is 6.88. The van der Waals surface area contributed by atoms with Gasteiger partial charge in [0.2, 0.25) is 5.95 Å². The topological polar surface area (TPSA) is 71.8 Å². The molecule has 3 heterocycles. The van der Waals surface area contributed by atoms with Crippen LogP contribution in [0.15, 0.2) is 77.3 Å². The highest BCUT2D eigenvalue weighted by Gasteiger charge is 2.34. The predicted octanol–water partition coefficient (Wildman–Crippen LogP) is 5.85. The molecule has 5 rings (SSSR count). The standard InChI is InChI=1S/C24H20IN5OS/c1-14-5-3-6-16(13-14)21-20(23(31)27-18-10-8-17(25)9-11-18)15(2)26-24-28-22(29-30(21)24)19-7-4-12-32-19/h3-13,21H,1-2H3,(H,27,31)(H,26,28,29)/t21-/m1/s1. The van der Waals surface area contributed by atoms with Crippen molar-refractivity contribution in [3.8, 4) is 10.7 Å². The van der Waals surface area contributed by atoms with E-state index in [1.165, 1.54) is 0 Å². The van der Waals surface area contributed by atoms with Crippen molar-refractivity contribution in [2.75, 3.05) is 10.6 Å². The van der Waals surface area contributed by atoms with E-state index in [1.54, 1.807) is 11.3 Å². The minimum Gasteiger partial charge on any atom is -0.328 e. The first-order valence-electron chi connectivity index (χ1n) is 10.1. The number of amides is 1. The van der Waals surface area contributed by atoms with Crippen molar-refractivity contribution >= 4 is 51.5 Å². The largest absolute Gasteiger partial charge is 0.328 e. The second kappa shape index (κ2) is 8.51. The van der Waals surface area contributed by atoms with Crippen molar-refractivity contribution in [2.24, 2.45) is 0 Å². The van der Waals surface area contributed by atoms with Crippen molar-refractivity contribution in [1.29, 1.82) is 0 Å². The molecule has 0 aliphatic carbocycles. The molecule has 1 atom stereocenters. The van der Waals surface area contributed by atoms with Crippen LogP contribution in [0.3, 0.4) is 0 Å². The number of thiophene rings is 1. The van der Waals surface area contributed by atoms with Crippen LogP contribution in [-0.2, 0) is 4.79 Å². The molecule has 0 unspecified atom stereocenters. The minimum absolute atomic E-state index is 0.165. The van der Waals surface area contributed by atoms with E-state index in [0.29, 0.717) is 17.3 Å². The lowest BCUT2D eigenvalue weighted by Gasteiger charge is -2.29. The van der Waals surface area contributed by atoms with Crippen LogP contribution in [0.2, 0.25) is 0 Å². The summed E-state index contributed by atoms with van der Waals surface area (Å²) in [5.74, 6) is 1.11. The van der Waals surface area contributed by atoms with Crippen molar-refractivity contribution < 1.29 is 4.79 Å². The second-order valence-electron chi connectivity index (χ2n) is 7.62. The van der Waals surface area contributed by atoms with Gasteiger partial charge in [0.1, 0.15) is 6.04 Å². The number of aryl methyl sites for hydroxylation is 1. The second-order valence-corrected chi connectivity index (χ2v) is 9.82. The molecule has 0 saturated heterocycles. The Morgan fingerprint density at radius 3 is 2.66 bits per heavy atom. The van der Waals surface area contributed by atoms with Gasteiger partial charge in [-0.25, -0.2) is 4.68 Å². The summed E-state index contributed by atoms with van der Waals surface area (Å²) in [7, 11) is 0. The molecule has 0 bridgehead atoms. The highest BCUT2D eigenvalue weighted by atomic mass is 127. The zero-order valence-corrected chi connectivity index (χ0v) is 20.4. The fourth-order valence-electron chi connectivity index (χ4n) is 3.84. The molecule has 2 aromatic carbocycles. The minimum atomic E-state index is -0.392. The number of nitrogens with one attached hydrogen (secondary N) is 2. The molecule has 1 aliphatic rings. The number of fused-ring (bicyclic) bond motifs is 1. The Labute approximate surface area is 203 Å². The van der Waals surface area contributed by atoms with E-state index in [2.05, 4.69) is 39.3 Å². The van der Waals surface area contributed by atoms with Crippen LogP contribution in [0.4, 0.5) is 11.6 Å². The Morgan fingerprint density at radius 2 is 1.94 bits per heavy atom. The molecule has 2 aromatic heterocycles. The number of rotatable bonds is 4. The molecule has 1 aliphatic heterocycles. The average molecular weight is 553 g/mol. The Bertz CT molecular complexity index is 1320. The normalized spacial score (nSPS) is 15.3. The van der Waals surface area contributed by atoms with Crippen molar-refractivity contribution in [3.05, 3.63) is 92.0 Å². The third kappa shape index (κ3) is 3.95. The number of benzene rings is 2. The van der Waals surface area contributed by atoms with E-state index in [9.17, 15) is 4.79 Å². The lowest BCUT2D eigenvalue weighted by atomic mass is 9.94. The lowest BCUT2D eigenvalue weighted by Crippen LogP contribution is -2.31. The van der Waals surface area contributed by atoms with Gasteiger partial charge in [-0.15, -0.1) is 16.4 Å². The Kier molecular flexibility index (Phi) is 5.56. The number of carbonyl (C=O) groups excluding carboxylic acids is 1. The number of carbonyl (C=O) groups is 1. The molecule has 32 heavy (non-hydrogen) atoms. The predicted molar refractivity (Wildman–Crippen MR) is 137 cm³/mol. The first-order chi connectivity index (χ1) is 15.5. The van der Waals surface area contributed by atoms with E-state index in [4.69, 9.17) is 10.1 Å².